The number of nitrogens with zero attached hydrogens (tertiary/aromatic N) is 1. The Morgan fingerprint density at radius 2 is 1.94 bits per heavy atom. The topological polar surface area (TPSA) is 104 Å². The molecular formula is C11H20N2O4. The Balaban J connectivity index is 2.91. The van der Waals surface area contributed by atoms with Gasteiger partial charge in [-0.25, -0.2) is 4.79 Å². The van der Waals surface area contributed by atoms with Gasteiger partial charge in [-0.15, -0.1) is 0 Å². The number of aliphatic hydroxyl groups is 1. The van der Waals surface area contributed by atoms with Gasteiger partial charge in [-0.1, -0.05) is 13.8 Å². The molecule has 1 aliphatic heterocycles. The molecule has 1 heterocycles. The summed E-state index contributed by atoms with van der Waals surface area (Å²) in [6.45, 7) is 3.64. The van der Waals surface area contributed by atoms with E-state index in [0.717, 1.165) is 0 Å². The molecule has 1 amide bonds. The second-order valence-electron chi connectivity index (χ2n) is 4.56. The van der Waals surface area contributed by atoms with Gasteiger partial charge in [-0.3, -0.25) is 4.79 Å². The molecule has 0 aromatic rings. The molecule has 2 unspecified atom stereocenters. The molecule has 98 valence electrons. The number of aliphatic hydroxyl groups excluding tert-OH is 1. The maximum absolute atomic E-state index is 12.2. The SMILES string of the molecule is CCC(N)(CC)C(=O)N1CC(O)CC1C(=O)O. The molecule has 0 aromatic heterocycles. The quantitative estimate of drug-likeness (QED) is 0.621. The van der Waals surface area contributed by atoms with Crippen LogP contribution in [0.2, 0.25) is 0 Å². The zero-order valence-corrected chi connectivity index (χ0v) is 10.2. The van der Waals surface area contributed by atoms with Gasteiger partial charge in [0.15, 0.2) is 0 Å². The largest absolute Gasteiger partial charge is 0.480 e. The van der Waals surface area contributed by atoms with E-state index in [0.29, 0.717) is 12.8 Å². The van der Waals surface area contributed by atoms with Crippen LogP contribution in [-0.2, 0) is 9.59 Å². The van der Waals surface area contributed by atoms with E-state index in [-0.39, 0.29) is 18.9 Å². The summed E-state index contributed by atoms with van der Waals surface area (Å²) in [5.74, 6) is -1.48. The molecule has 0 bridgehead atoms. The van der Waals surface area contributed by atoms with Gasteiger partial charge in [0.2, 0.25) is 5.91 Å². The molecular weight excluding hydrogens is 224 g/mol. The summed E-state index contributed by atoms with van der Waals surface area (Å²) in [7, 11) is 0. The lowest BCUT2D eigenvalue weighted by Gasteiger charge is -2.32. The highest BCUT2D eigenvalue weighted by Crippen LogP contribution is 2.24. The fourth-order valence-electron chi connectivity index (χ4n) is 2.11. The van der Waals surface area contributed by atoms with Crippen LogP contribution in [0.3, 0.4) is 0 Å². The van der Waals surface area contributed by atoms with Crippen molar-refractivity contribution in [3.05, 3.63) is 0 Å². The van der Waals surface area contributed by atoms with Crippen LogP contribution in [0.25, 0.3) is 0 Å². The van der Waals surface area contributed by atoms with E-state index in [1.54, 1.807) is 13.8 Å². The number of aliphatic carboxylic acids is 1. The van der Waals surface area contributed by atoms with Crippen LogP contribution in [0.15, 0.2) is 0 Å². The van der Waals surface area contributed by atoms with Gasteiger partial charge in [-0.2, -0.15) is 0 Å². The van der Waals surface area contributed by atoms with Gasteiger partial charge < -0.3 is 20.8 Å². The number of carboxylic acids is 1. The molecule has 0 radical (unpaired) electrons. The summed E-state index contributed by atoms with van der Waals surface area (Å²) in [5.41, 5.74) is 4.93. The van der Waals surface area contributed by atoms with Crippen LogP contribution < -0.4 is 5.73 Å². The number of carbonyl (C=O) groups excluding carboxylic acids is 1. The van der Waals surface area contributed by atoms with Gasteiger partial charge in [0.1, 0.15) is 6.04 Å². The third kappa shape index (κ3) is 2.58. The summed E-state index contributed by atoms with van der Waals surface area (Å²) in [6.07, 6.45) is 0.186. The summed E-state index contributed by atoms with van der Waals surface area (Å²) >= 11 is 0. The van der Waals surface area contributed by atoms with Gasteiger partial charge in [0, 0.05) is 13.0 Å². The zero-order valence-electron chi connectivity index (χ0n) is 10.2. The van der Waals surface area contributed by atoms with Crippen molar-refractivity contribution in [3.63, 3.8) is 0 Å². The molecule has 1 fully saturated rings. The maximum Gasteiger partial charge on any atom is 0.326 e. The van der Waals surface area contributed by atoms with Crippen LogP contribution in [-0.4, -0.2) is 51.2 Å². The highest BCUT2D eigenvalue weighted by Gasteiger charge is 2.44. The van der Waals surface area contributed by atoms with E-state index in [4.69, 9.17) is 10.8 Å². The lowest BCUT2D eigenvalue weighted by molar-refractivity contribution is -0.150. The van der Waals surface area contributed by atoms with Crippen molar-refractivity contribution < 1.29 is 19.8 Å². The van der Waals surface area contributed by atoms with E-state index < -0.39 is 23.7 Å². The number of carboxylic acid groups (broad SMARTS) is 1. The van der Waals surface area contributed by atoms with E-state index in [9.17, 15) is 14.7 Å². The van der Waals surface area contributed by atoms with Gasteiger partial charge >= 0.3 is 5.97 Å². The smallest absolute Gasteiger partial charge is 0.326 e. The maximum atomic E-state index is 12.2. The Morgan fingerprint density at radius 3 is 2.35 bits per heavy atom. The first kappa shape index (κ1) is 13.9. The number of carbonyl (C=O) groups is 2. The molecule has 1 rings (SSSR count). The summed E-state index contributed by atoms with van der Waals surface area (Å²) in [6, 6.07) is -0.960. The van der Waals surface area contributed by atoms with Crippen molar-refractivity contribution in [1.82, 2.24) is 4.90 Å². The Kier molecular flexibility index (Phi) is 4.11. The molecule has 6 nitrogen and oxygen atoms in total. The second kappa shape index (κ2) is 5.01. The van der Waals surface area contributed by atoms with E-state index in [2.05, 4.69) is 0 Å². The number of likely N-dealkylation sites (tertiary alicyclic amines) is 1. The predicted octanol–water partition coefficient (Wildman–Crippen LogP) is -0.450. The third-order valence-corrected chi connectivity index (χ3v) is 3.51. The number of hydrogen-bond acceptors (Lipinski definition) is 4. The van der Waals surface area contributed by atoms with Crippen molar-refractivity contribution in [2.24, 2.45) is 5.73 Å². The highest BCUT2D eigenvalue weighted by atomic mass is 16.4. The summed E-state index contributed by atoms with van der Waals surface area (Å²) in [4.78, 5) is 24.4. The number of amides is 1. The number of rotatable bonds is 4. The van der Waals surface area contributed by atoms with Crippen molar-refractivity contribution in [2.45, 2.75) is 50.8 Å². The Morgan fingerprint density at radius 1 is 1.41 bits per heavy atom. The predicted molar refractivity (Wildman–Crippen MR) is 61.3 cm³/mol. The first-order valence-corrected chi connectivity index (χ1v) is 5.86. The van der Waals surface area contributed by atoms with Crippen molar-refractivity contribution in [1.29, 1.82) is 0 Å². The monoisotopic (exact) mass is 244 g/mol. The van der Waals surface area contributed by atoms with Gasteiger partial charge in [-0.05, 0) is 12.8 Å². The third-order valence-electron chi connectivity index (χ3n) is 3.51. The van der Waals surface area contributed by atoms with E-state index in [1.165, 1.54) is 4.90 Å². The Hall–Kier alpha value is -1.14. The molecule has 1 aliphatic rings. The Bertz CT molecular complexity index is 315. The second-order valence-corrected chi connectivity index (χ2v) is 4.56. The molecule has 17 heavy (non-hydrogen) atoms. The number of nitrogens with two attached hydrogens (primary N) is 1. The van der Waals surface area contributed by atoms with Crippen LogP contribution in [0.4, 0.5) is 0 Å². The fourth-order valence-corrected chi connectivity index (χ4v) is 2.11. The average molecular weight is 244 g/mol. The van der Waals surface area contributed by atoms with Crippen LogP contribution in [0, 0.1) is 0 Å². The first-order chi connectivity index (χ1) is 7.85. The minimum Gasteiger partial charge on any atom is -0.480 e. The Labute approximate surface area is 100 Å². The van der Waals surface area contributed by atoms with Crippen molar-refractivity contribution >= 4 is 11.9 Å². The summed E-state index contributed by atoms with van der Waals surface area (Å²) in [5, 5.41) is 18.5. The molecule has 1 saturated heterocycles. The number of hydrogen-bond donors (Lipinski definition) is 3. The molecule has 0 aliphatic carbocycles. The highest BCUT2D eigenvalue weighted by molar-refractivity contribution is 5.90. The minimum absolute atomic E-state index is 0.0503. The van der Waals surface area contributed by atoms with E-state index in [1.807, 2.05) is 0 Å². The molecule has 0 saturated carbocycles. The van der Waals surface area contributed by atoms with Crippen molar-refractivity contribution in [3.8, 4) is 0 Å². The van der Waals surface area contributed by atoms with Crippen molar-refractivity contribution in [2.75, 3.05) is 6.54 Å². The normalized spacial score (nSPS) is 25.1. The standard InChI is InChI=1S/C11H20N2O4/c1-3-11(12,4-2)10(17)13-6-7(14)5-8(13)9(15)16/h7-8,14H,3-6,12H2,1-2H3,(H,15,16). The van der Waals surface area contributed by atoms with Crippen LogP contribution >= 0.6 is 0 Å². The first-order valence-electron chi connectivity index (χ1n) is 5.86. The summed E-state index contributed by atoms with van der Waals surface area (Å²) < 4.78 is 0. The molecule has 0 aromatic carbocycles. The molecule has 4 N–H and O–H groups in total. The fraction of sp³-hybridized carbons (Fsp3) is 0.818. The number of β-amino-alcohol motifs (C(OH)–C–C–N with tert-alkyl or cyclic N) is 1. The minimum atomic E-state index is -1.09. The van der Waals surface area contributed by atoms with Crippen LogP contribution in [0.1, 0.15) is 33.1 Å². The van der Waals surface area contributed by atoms with Gasteiger partial charge in [0.25, 0.3) is 0 Å². The molecule has 0 spiro atoms. The van der Waals surface area contributed by atoms with E-state index >= 15 is 0 Å². The molecule has 2 atom stereocenters. The average Bonchev–Trinajstić information content (AvgIpc) is 2.69. The lowest BCUT2D eigenvalue weighted by atomic mass is 9.92. The van der Waals surface area contributed by atoms with Crippen LogP contribution in [0.5, 0.6) is 0 Å². The molecule has 6 heteroatoms. The lowest BCUT2D eigenvalue weighted by Crippen LogP contribution is -2.57. The van der Waals surface area contributed by atoms with Gasteiger partial charge in [0.05, 0.1) is 11.6 Å². The zero-order chi connectivity index (χ0) is 13.2.